The molecule has 2 rings (SSSR count). The quantitative estimate of drug-likeness (QED) is 0.844. The molecule has 1 saturated heterocycles. The van der Waals surface area contributed by atoms with Gasteiger partial charge in [0.05, 0.1) is 11.9 Å². The van der Waals surface area contributed by atoms with E-state index in [0.717, 1.165) is 41.6 Å². The first kappa shape index (κ1) is 16.7. The third kappa shape index (κ3) is 3.37. The van der Waals surface area contributed by atoms with Crippen molar-refractivity contribution in [1.82, 2.24) is 4.90 Å². The molecule has 5 nitrogen and oxygen atoms in total. The third-order valence-corrected chi connectivity index (χ3v) is 4.88. The minimum atomic E-state index is -3.82. The average molecular weight is 332 g/mol. The maximum absolute atomic E-state index is 13.4. The molecular weight excluding hydrogens is 314 g/mol. The first-order valence-corrected chi connectivity index (χ1v) is 8.80. The molecule has 1 aromatic carbocycles. The fourth-order valence-electron chi connectivity index (χ4n) is 2.63. The SMILES string of the molecule is C[C@H](C(=O)N1CCCC1)N(c1ccc(F)c(F)c1)S(C)(=O)=O. The Labute approximate surface area is 128 Å². The van der Waals surface area contributed by atoms with Crippen LogP contribution in [0.5, 0.6) is 0 Å². The number of amides is 1. The van der Waals surface area contributed by atoms with Crippen molar-refractivity contribution in [2.45, 2.75) is 25.8 Å². The van der Waals surface area contributed by atoms with Gasteiger partial charge >= 0.3 is 0 Å². The van der Waals surface area contributed by atoms with Gasteiger partial charge in [-0.15, -0.1) is 0 Å². The molecule has 0 spiro atoms. The number of hydrogen-bond acceptors (Lipinski definition) is 3. The van der Waals surface area contributed by atoms with Gasteiger partial charge in [0.1, 0.15) is 6.04 Å². The minimum absolute atomic E-state index is 0.0681. The van der Waals surface area contributed by atoms with Gasteiger partial charge in [-0.2, -0.15) is 0 Å². The molecule has 1 fully saturated rings. The average Bonchev–Trinajstić information content (AvgIpc) is 2.94. The zero-order valence-electron chi connectivity index (χ0n) is 12.4. The number of halogens is 2. The molecule has 0 aromatic heterocycles. The lowest BCUT2D eigenvalue weighted by Crippen LogP contribution is -2.48. The van der Waals surface area contributed by atoms with Crippen LogP contribution >= 0.6 is 0 Å². The molecule has 122 valence electrons. The molecule has 1 heterocycles. The van der Waals surface area contributed by atoms with Crippen molar-refractivity contribution in [3.8, 4) is 0 Å². The molecule has 0 aliphatic carbocycles. The summed E-state index contributed by atoms with van der Waals surface area (Å²) in [5.74, 6) is -2.57. The predicted molar refractivity (Wildman–Crippen MR) is 79.0 cm³/mol. The second-order valence-electron chi connectivity index (χ2n) is 5.37. The summed E-state index contributed by atoms with van der Waals surface area (Å²) in [6.45, 7) is 2.61. The smallest absolute Gasteiger partial charge is 0.246 e. The van der Waals surface area contributed by atoms with Crippen molar-refractivity contribution in [3.05, 3.63) is 29.8 Å². The van der Waals surface area contributed by atoms with Crippen LogP contribution in [-0.2, 0) is 14.8 Å². The highest BCUT2D eigenvalue weighted by atomic mass is 32.2. The Balaban J connectivity index is 2.37. The van der Waals surface area contributed by atoms with E-state index in [1.165, 1.54) is 6.92 Å². The molecule has 0 radical (unpaired) electrons. The normalized spacial score (nSPS) is 16.6. The summed E-state index contributed by atoms with van der Waals surface area (Å²) >= 11 is 0. The molecule has 0 bridgehead atoms. The fourth-order valence-corrected chi connectivity index (χ4v) is 3.79. The van der Waals surface area contributed by atoms with E-state index in [1.54, 1.807) is 4.90 Å². The van der Waals surface area contributed by atoms with E-state index in [2.05, 4.69) is 0 Å². The van der Waals surface area contributed by atoms with Crippen molar-refractivity contribution in [2.75, 3.05) is 23.7 Å². The largest absolute Gasteiger partial charge is 0.341 e. The summed E-state index contributed by atoms with van der Waals surface area (Å²) in [7, 11) is -3.82. The lowest BCUT2D eigenvalue weighted by atomic mass is 10.2. The van der Waals surface area contributed by atoms with Crippen LogP contribution in [0.1, 0.15) is 19.8 Å². The van der Waals surface area contributed by atoms with Crippen LogP contribution in [0.4, 0.5) is 14.5 Å². The fraction of sp³-hybridized carbons (Fsp3) is 0.500. The van der Waals surface area contributed by atoms with Gasteiger partial charge in [0, 0.05) is 19.2 Å². The van der Waals surface area contributed by atoms with Crippen LogP contribution in [0.2, 0.25) is 0 Å². The van der Waals surface area contributed by atoms with Gasteiger partial charge in [-0.1, -0.05) is 0 Å². The Hall–Kier alpha value is -1.70. The Morgan fingerprint density at radius 2 is 1.82 bits per heavy atom. The first-order chi connectivity index (χ1) is 10.2. The molecule has 22 heavy (non-hydrogen) atoms. The standard InChI is InChI=1S/C14H18F2N2O3S/c1-10(14(19)17-7-3-4-8-17)18(22(2,20)21)11-5-6-12(15)13(16)9-11/h5-6,9-10H,3-4,7-8H2,1-2H3/t10-/m1/s1. The van der Waals surface area contributed by atoms with Crippen LogP contribution in [-0.4, -0.2) is 44.6 Å². The Morgan fingerprint density at radius 3 is 2.32 bits per heavy atom. The van der Waals surface area contributed by atoms with Crippen molar-refractivity contribution in [1.29, 1.82) is 0 Å². The highest BCUT2D eigenvalue weighted by Crippen LogP contribution is 2.24. The van der Waals surface area contributed by atoms with Crippen LogP contribution < -0.4 is 4.31 Å². The predicted octanol–water partition coefficient (Wildman–Crippen LogP) is 1.74. The van der Waals surface area contributed by atoms with Gasteiger partial charge in [0.15, 0.2) is 11.6 Å². The number of carbonyl (C=O) groups excluding carboxylic acids is 1. The maximum Gasteiger partial charge on any atom is 0.246 e. The number of carbonyl (C=O) groups is 1. The number of hydrogen-bond donors (Lipinski definition) is 0. The van der Waals surface area contributed by atoms with Gasteiger partial charge in [-0.3, -0.25) is 9.10 Å². The zero-order chi connectivity index (χ0) is 16.5. The molecule has 0 N–H and O–H groups in total. The van der Waals surface area contributed by atoms with Gasteiger partial charge < -0.3 is 4.90 Å². The lowest BCUT2D eigenvalue weighted by Gasteiger charge is -2.31. The van der Waals surface area contributed by atoms with Crippen LogP contribution in [0, 0.1) is 11.6 Å². The maximum atomic E-state index is 13.4. The van der Waals surface area contributed by atoms with Crippen molar-refractivity contribution in [3.63, 3.8) is 0 Å². The van der Waals surface area contributed by atoms with Crippen LogP contribution in [0.3, 0.4) is 0 Å². The lowest BCUT2D eigenvalue weighted by molar-refractivity contribution is -0.130. The topological polar surface area (TPSA) is 57.7 Å². The molecule has 1 aromatic rings. The van der Waals surface area contributed by atoms with E-state index < -0.39 is 27.7 Å². The summed E-state index contributed by atoms with van der Waals surface area (Å²) in [4.78, 5) is 14.0. The minimum Gasteiger partial charge on any atom is -0.341 e. The van der Waals surface area contributed by atoms with Crippen molar-refractivity contribution >= 4 is 21.6 Å². The molecule has 1 amide bonds. The number of anilines is 1. The second-order valence-corrected chi connectivity index (χ2v) is 7.23. The summed E-state index contributed by atoms with van der Waals surface area (Å²) in [5, 5.41) is 0. The van der Waals surface area contributed by atoms with Crippen LogP contribution in [0.15, 0.2) is 18.2 Å². The van der Waals surface area contributed by atoms with Gasteiger partial charge in [0.2, 0.25) is 15.9 Å². The number of likely N-dealkylation sites (tertiary alicyclic amines) is 1. The molecular formula is C14H18F2N2O3S. The van der Waals surface area contributed by atoms with Crippen LogP contribution in [0.25, 0.3) is 0 Å². The zero-order valence-corrected chi connectivity index (χ0v) is 13.2. The Kier molecular flexibility index (Phi) is 4.69. The summed E-state index contributed by atoms with van der Waals surface area (Å²) in [6.07, 6.45) is 2.69. The summed E-state index contributed by atoms with van der Waals surface area (Å²) < 4.78 is 51.3. The number of nitrogens with zero attached hydrogens (tertiary/aromatic N) is 2. The summed E-state index contributed by atoms with van der Waals surface area (Å²) in [6, 6.07) is 1.76. The molecule has 1 aliphatic rings. The number of sulfonamides is 1. The Bertz CT molecular complexity index is 673. The van der Waals surface area contributed by atoms with Crippen molar-refractivity contribution in [2.24, 2.45) is 0 Å². The second kappa shape index (κ2) is 6.20. The van der Waals surface area contributed by atoms with E-state index in [4.69, 9.17) is 0 Å². The number of benzene rings is 1. The highest BCUT2D eigenvalue weighted by Gasteiger charge is 2.33. The molecule has 0 saturated carbocycles. The van der Waals surface area contributed by atoms with E-state index in [-0.39, 0.29) is 11.6 Å². The van der Waals surface area contributed by atoms with Gasteiger partial charge in [-0.25, -0.2) is 17.2 Å². The third-order valence-electron chi connectivity index (χ3n) is 3.64. The van der Waals surface area contributed by atoms with Gasteiger partial charge in [-0.05, 0) is 31.9 Å². The van der Waals surface area contributed by atoms with Crippen molar-refractivity contribution < 1.29 is 22.0 Å². The Morgan fingerprint density at radius 1 is 1.23 bits per heavy atom. The molecule has 0 unspecified atom stereocenters. The number of rotatable bonds is 4. The molecule has 1 aliphatic heterocycles. The monoisotopic (exact) mass is 332 g/mol. The van der Waals surface area contributed by atoms with E-state index in [0.29, 0.717) is 13.1 Å². The summed E-state index contributed by atoms with van der Waals surface area (Å²) in [5.41, 5.74) is -0.0681. The van der Waals surface area contributed by atoms with Gasteiger partial charge in [0.25, 0.3) is 0 Å². The molecule has 1 atom stereocenters. The van der Waals surface area contributed by atoms with E-state index in [1.807, 2.05) is 0 Å². The first-order valence-electron chi connectivity index (χ1n) is 6.95. The molecule has 8 heteroatoms. The highest BCUT2D eigenvalue weighted by molar-refractivity contribution is 7.92. The van der Waals surface area contributed by atoms with E-state index >= 15 is 0 Å². The van der Waals surface area contributed by atoms with E-state index in [9.17, 15) is 22.0 Å².